The Morgan fingerprint density at radius 2 is 1.74 bits per heavy atom. The lowest BCUT2D eigenvalue weighted by atomic mass is 9.84. The Morgan fingerprint density at radius 3 is 2.49 bits per heavy atom. The van der Waals surface area contributed by atoms with Crippen LogP contribution in [0.3, 0.4) is 0 Å². The summed E-state index contributed by atoms with van der Waals surface area (Å²) >= 11 is 0. The van der Waals surface area contributed by atoms with E-state index in [0.717, 1.165) is 18.2 Å². The number of rotatable bonds is 5. The molecule has 1 unspecified atom stereocenters. The van der Waals surface area contributed by atoms with E-state index < -0.39 is 29.0 Å². The van der Waals surface area contributed by atoms with Crippen LogP contribution in [0.25, 0.3) is 21.8 Å². The zero-order valence-corrected chi connectivity index (χ0v) is 18.7. The normalized spacial score (nSPS) is 12.3. The fourth-order valence-electron chi connectivity index (χ4n) is 4.79. The molecule has 4 N–H and O–H groups in total. The lowest BCUT2D eigenvalue weighted by molar-refractivity contribution is -0.117. The summed E-state index contributed by atoms with van der Waals surface area (Å²) in [6.07, 6.45) is -0.207. The minimum absolute atomic E-state index is 0.145. The largest absolute Gasteiger partial charge is 0.507 e. The molecule has 2 aromatic heterocycles. The first-order valence-electron chi connectivity index (χ1n) is 10.9. The van der Waals surface area contributed by atoms with Crippen LogP contribution in [0.4, 0.5) is 8.78 Å². The molecule has 8 heteroatoms. The first-order valence-corrected chi connectivity index (χ1v) is 10.9. The van der Waals surface area contributed by atoms with Crippen molar-refractivity contribution in [2.24, 2.45) is 12.8 Å². The molecule has 0 saturated heterocycles. The summed E-state index contributed by atoms with van der Waals surface area (Å²) in [5.41, 5.74) is 6.46. The van der Waals surface area contributed by atoms with Gasteiger partial charge in [0, 0.05) is 34.6 Å². The second kappa shape index (κ2) is 8.39. The second-order valence-electron chi connectivity index (χ2n) is 8.45. The maximum atomic E-state index is 15.3. The number of carbonyl (C=O) groups is 1. The summed E-state index contributed by atoms with van der Waals surface area (Å²) in [5, 5.41) is 12.3. The van der Waals surface area contributed by atoms with Gasteiger partial charge in [-0.1, -0.05) is 30.3 Å². The van der Waals surface area contributed by atoms with Crippen molar-refractivity contribution in [1.29, 1.82) is 0 Å². The number of nitrogens with zero attached hydrogens (tertiary/aromatic N) is 1. The maximum Gasteiger partial charge on any atom is 0.258 e. The lowest BCUT2D eigenvalue weighted by Gasteiger charge is -2.22. The Labute approximate surface area is 198 Å². The molecule has 0 spiro atoms. The molecule has 0 aliphatic rings. The van der Waals surface area contributed by atoms with Gasteiger partial charge < -0.3 is 20.4 Å². The number of aryl methyl sites for hydroxylation is 1. The van der Waals surface area contributed by atoms with Gasteiger partial charge in [-0.15, -0.1) is 0 Å². The van der Waals surface area contributed by atoms with Crippen molar-refractivity contribution in [2.45, 2.75) is 12.3 Å². The minimum atomic E-state index is -1.25. The average molecular weight is 473 g/mol. The third-order valence-electron chi connectivity index (χ3n) is 6.35. The molecular formula is C27H21F2N3O3. The number of nitrogens with two attached hydrogens (primary N) is 1. The lowest BCUT2D eigenvalue weighted by Crippen LogP contribution is -2.26. The molecule has 0 saturated carbocycles. The molecule has 2 heterocycles. The van der Waals surface area contributed by atoms with Gasteiger partial charge in [-0.2, -0.15) is 0 Å². The fourth-order valence-corrected chi connectivity index (χ4v) is 4.79. The van der Waals surface area contributed by atoms with E-state index in [1.807, 2.05) is 0 Å². The van der Waals surface area contributed by atoms with Crippen LogP contribution in [-0.4, -0.2) is 20.6 Å². The van der Waals surface area contributed by atoms with Crippen molar-refractivity contribution in [1.82, 2.24) is 9.55 Å². The van der Waals surface area contributed by atoms with Gasteiger partial charge in [0.25, 0.3) is 5.56 Å². The summed E-state index contributed by atoms with van der Waals surface area (Å²) in [5.74, 6) is -3.72. The molecule has 0 aliphatic heterocycles. The number of primary amides is 1. The molecular weight excluding hydrogens is 452 g/mol. The monoisotopic (exact) mass is 473 g/mol. The zero-order valence-electron chi connectivity index (χ0n) is 18.7. The number of aromatic nitrogens is 2. The summed E-state index contributed by atoms with van der Waals surface area (Å²) in [7, 11) is 1.54. The van der Waals surface area contributed by atoms with Gasteiger partial charge in [0.1, 0.15) is 17.4 Å². The Bertz CT molecular complexity index is 1690. The molecule has 3 aromatic carbocycles. The van der Waals surface area contributed by atoms with Crippen LogP contribution in [0.15, 0.2) is 71.5 Å². The van der Waals surface area contributed by atoms with Crippen molar-refractivity contribution in [3.63, 3.8) is 0 Å². The number of carbonyl (C=O) groups excluding carboxylic acids is 1. The maximum absolute atomic E-state index is 15.3. The smallest absolute Gasteiger partial charge is 0.258 e. The number of fused-ring (bicyclic) bond motifs is 2. The van der Waals surface area contributed by atoms with Crippen molar-refractivity contribution >= 4 is 27.7 Å². The summed E-state index contributed by atoms with van der Waals surface area (Å²) in [6.45, 7) is 0. The van der Waals surface area contributed by atoms with Crippen LogP contribution in [-0.2, 0) is 18.3 Å². The highest BCUT2D eigenvalue weighted by molar-refractivity contribution is 5.91. The molecule has 5 rings (SSSR count). The number of pyridine rings is 1. The highest BCUT2D eigenvalue weighted by Crippen LogP contribution is 2.41. The number of H-pyrrole nitrogens is 1. The number of amides is 1. The van der Waals surface area contributed by atoms with Crippen molar-refractivity contribution in [3.8, 4) is 5.75 Å². The first kappa shape index (κ1) is 22.3. The van der Waals surface area contributed by atoms with Gasteiger partial charge in [-0.25, -0.2) is 8.78 Å². The molecule has 176 valence electrons. The molecule has 6 nitrogen and oxygen atoms in total. The second-order valence-corrected chi connectivity index (χ2v) is 8.45. The van der Waals surface area contributed by atoms with E-state index >= 15 is 4.39 Å². The van der Waals surface area contributed by atoms with Crippen LogP contribution in [0.2, 0.25) is 0 Å². The number of aromatic amines is 1. The number of nitrogens with one attached hydrogen (secondary N) is 1. The van der Waals surface area contributed by atoms with Crippen molar-refractivity contribution in [3.05, 3.63) is 111 Å². The summed E-state index contributed by atoms with van der Waals surface area (Å²) in [6, 6.07) is 16.8. The average Bonchev–Trinajstić information content (AvgIpc) is 3.19. The Kier molecular flexibility index (Phi) is 5.36. The molecule has 0 bridgehead atoms. The van der Waals surface area contributed by atoms with Gasteiger partial charge in [-0.3, -0.25) is 9.59 Å². The predicted molar refractivity (Wildman–Crippen MR) is 129 cm³/mol. The highest BCUT2D eigenvalue weighted by atomic mass is 19.1. The number of hydrogen-bond donors (Lipinski definition) is 3. The number of para-hydroxylation sites is 2. The van der Waals surface area contributed by atoms with Crippen molar-refractivity contribution < 1.29 is 18.7 Å². The topological polar surface area (TPSA) is 101 Å². The quantitative estimate of drug-likeness (QED) is 0.356. The van der Waals surface area contributed by atoms with Gasteiger partial charge >= 0.3 is 0 Å². The molecule has 1 atom stereocenters. The Morgan fingerprint density at radius 1 is 1.06 bits per heavy atom. The zero-order chi connectivity index (χ0) is 24.9. The van der Waals surface area contributed by atoms with E-state index in [1.54, 1.807) is 55.6 Å². The Balaban J connectivity index is 1.94. The SMILES string of the molecule is Cn1c(=O)c(C(c2cc(F)ccc2F)c2[nH]c3ccccc3c2CC(N)=O)c(O)c2ccccc21. The molecule has 1 amide bonds. The molecule has 0 aliphatic carbocycles. The fraction of sp³-hybridized carbons (Fsp3) is 0.111. The highest BCUT2D eigenvalue weighted by Gasteiger charge is 2.32. The van der Waals surface area contributed by atoms with Crippen LogP contribution >= 0.6 is 0 Å². The van der Waals surface area contributed by atoms with Gasteiger partial charge in [0.05, 0.1) is 23.4 Å². The van der Waals surface area contributed by atoms with E-state index in [0.29, 0.717) is 27.4 Å². The number of hydrogen-bond acceptors (Lipinski definition) is 3. The van der Waals surface area contributed by atoms with E-state index in [1.165, 1.54) is 4.57 Å². The molecule has 0 fully saturated rings. The number of benzene rings is 3. The third kappa shape index (κ3) is 3.63. The summed E-state index contributed by atoms with van der Waals surface area (Å²) in [4.78, 5) is 28.8. The predicted octanol–water partition coefficient (Wildman–Crippen LogP) is 4.21. The number of aromatic hydroxyl groups is 1. The van der Waals surface area contributed by atoms with Crippen LogP contribution < -0.4 is 11.3 Å². The molecule has 0 radical (unpaired) electrons. The first-order chi connectivity index (χ1) is 16.8. The van der Waals surface area contributed by atoms with Crippen LogP contribution in [0.5, 0.6) is 5.75 Å². The van der Waals surface area contributed by atoms with Gasteiger partial charge in [0.2, 0.25) is 5.91 Å². The standard InChI is InChI=1S/C27H21F2N3O3/c1-32-21-9-5-3-7-16(21)26(34)24(27(32)35)23(18-12-14(28)10-11-19(18)29)25-17(13-22(30)33)15-6-2-4-8-20(15)31-25/h2-12,23,31,34H,13H2,1H3,(H2,30,33). The third-order valence-corrected chi connectivity index (χ3v) is 6.35. The Hall–Kier alpha value is -4.46. The molecule has 35 heavy (non-hydrogen) atoms. The number of halogens is 2. The van der Waals surface area contributed by atoms with Crippen molar-refractivity contribution in [2.75, 3.05) is 0 Å². The van der Waals surface area contributed by atoms with Gasteiger partial charge in [-0.05, 0) is 42.0 Å². The van der Waals surface area contributed by atoms with Gasteiger partial charge in [0.15, 0.2) is 0 Å². The molecule has 5 aromatic rings. The van der Waals surface area contributed by atoms with Crippen LogP contribution in [0, 0.1) is 11.6 Å². The van der Waals surface area contributed by atoms with E-state index in [2.05, 4.69) is 4.98 Å². The minimum Gasteiger partial charge on any atom is -0.507 e. The summed E-state index contributed by atoms with van der Waals surface area (Å²) < 4.78 is 31.0. The van der Waals surface area contributed by atoms with E-state index in [4.69, 9.17) is 5.73 Å². The van der Waals surface area contributed by atoms with Crippen LogP contribution in [0.1, 0.15) is 28.3 Å². The van der Waals surface area contributed by atoms with E-state index in [9.17, 15) is 19.1 Å². The van der Waals surface area contributed by atoms with E-state index in [-0.39, 0.29) is 29.0 Å².